The molecule has 2 aromatic carbocycles. The van der Waals surface area contributed by atoms with Crippen molar-refractivity contribution in [3.8, 4) is 0 Å². The van der Waals surface area contributed by atoms with Gasteiger partial charge in [0.25, 0.3) is 0 Å². The Bertz CT molecular complexity index is 605. The van der Waals surface area contributed by atoms with Gasteiger partial charge in [-0.3, -0.25) is 4.79 Å². The Morgan fingerprint density at radius 3 is 2.17 bits per heavy atom. The second-order valence-electron chi connectivity index (χ2n) is 4.69. The molecule has 0 aromatic heterocycles. The van der Waals surface area contributed by atoms with Crippen molar-refractivity contribution in [2.45, 2.75) is 11.6 Å². The second-order valence-corrected chi connectivity index (χ2v) is 4.69. The molecule has 4 N–H and O–H groups in total. The molecule has 3 nitrogen and oxygen atoms in total. The van der Waals surface area contributed by atoms with E-state index in [1.54, 1.807) is 6.07 Å². The summed E-state index contributed by atoms with van der Waals surface area (Å²) in [5.41, 5.74) is 13.5. The lowest BCUT2D eigenvalue weighted by atomic mass is 9.87. The van der Waals surface area contributed by atoms with Crippen LogP contribution < -0.4 is 11.5 Å². The summed E-state index contributed by atoms with van der Waals surface area (Å²) >= 11 is 0. The summed E-state index contributed by atoms with van der Waals surface area (Å²) in [5, 5.41) is 0. The average Bonchev–Trinajstić information content (AvgIpc) is 2.59. The summed E-state index contributed by atoms with van der Waals surface area (Å²) in [4.78, 5) is 12.5. The lowest BCUT2D eigenvalue weighted by Crippen LogP contribution is -2.49. The summed E-state index contributed by atoms with van der Waals surface area (Å²) in [6.45, 7) is 0. The third-order valence-electron chi connectivity index (χ3n) is 3.53. The SMILES string of the molecule is NC1(N)c2ccccc2C(=O)C1c1ccccc1. The molecular formula is C15H14N2O. The Kier molecular flexibility index (Phi) is 2.33. The standard InChI is InChI=1S/C15H14N2O/c16-15(17)12-9-5-4-8-11(12)14(18)13(15)10-6-2-1-3-7-10/h1-9,13H,16-17H2. The Hall–Kier alpha value is -1.97. The fourth-order valence-electron chi connectivity index (χ4n) is 2.68. The van der Waals surface area contributed by atoms with Gasteiger partial charge in [-0.05, 0) is 11.1 Å². The highest BCUT2D eigenvalue weighted by Gasteiger charge is 2.47. The lowest BCUT2D eigenvalue weighted by molar-refractivity contribution is 0.0944. The van der Waals surface area contributed by atoms with Crippen LogP contribution in [0.25, 0.3) is 0 Å². The van der Waals surface area contributed by atoms with Gasteiger partial charge in [0.15, 0.2) is 5.78 Å². The van der Waals surface area contributed by atoms with Gasteiger partial charge in [-0.25, -0.2) is 0 Å². The molecule has 0 spiro atoms. The summed E-state index contributed by atoms with van der Waals surface area (Å²) in [7, 11) is 0. The molecule has 0 aliphatic heterocycles. The van der Waals surface area contributed by atoms with Gasteiger partial charge in [-0.2, -0.15) is 0 Å². The maximum atomic E-state index is 12.5. The molecule has 0 bridgehead atoms. The van der Waals surface area contributed by atoms with Crippen molar-refractivity contribution in [1.82, 2.24) is 0 Å². The van der Waals surface area contributed by atoms with Crippen molar-refractivity contribution >= 4 is 5.78 Å². The molecule has 1 unspecified atom stereocenters. The third kappa shape index (κ3) is 1.41. The zero-order valence-corrected chi connectivity index (χ0v) is 9.84. The van der Waals surface area contributed by atoms with E-state index in [-0.39, 0.29) is 5.78 Å². The van der Waals surface area contributed by atoms with Gasteiger partial charge < -0.3 is 11.5 Å². The largest absolute Gasteiger partial charge is 0.309 e. The number of carbonyl (C=O) groups excluding carboxylic acids is 1. The lowest BCUT2D eigenvalue weighted by Gasteiger charge is -2.26. The molecule has 1 atom stereocenters. The molecule has 3 rings (SSSR count). The van der Waals surface area contributed by atoms with Gasteiger partial charge in [0.2, 0.25) is 0 Å². The highest BCUT2D eigenvalue weighted by molar-refractivity contribution is 6.07. The molecule has 90 valence electrons. The molecule has 3 heteroatoms. The van der Waals surface area contributed by atoms with Gasteiger partial charge >= 0.3 is 0 Å². The first-order chi connectivity index (χ1) is 8.62. The normalized spacial score (nSPS) is 20.8. The number of rotatable bonds is 1. The van der Waals surface area contributed by atoms with Gasteiger partial charge in [0.05, 0.1) is 5.92 Å². The van der Waals surface area contributed by atoms with Gasteiger partial charge in [0, 0.05) is 5.56 Å². The molecule has 0 heterocycles. The van der Waals surface area contributed by atoms with Crippen molar-refractivity contribution in [3.05, 3.63) is 71.3 Å². The van der Waals surface area contributed by atoms with E-state index in [2.05, 4.69) is 0 Å². The van der Waals surface area contributed by atoms with Crippen LogP contribution in [0.1, 0.15) is 27.4 Å². The average molecular weight is 238 g/mol. The highest BCUT2D eigenvalue weighted by Crippen LogP contribution is 2.41. The molecule has 2 aromatic rings. The second kappa shape index (κ2) is 3.77. The van der Waals surface area contributed by atoms with Gasteiger partial charge in [-0.1, -0.05) is 54.6 Å². The van der Waals surface area contributed by atoms with Crippen LogP contribution in [0, 0.1) is 0 Å². The minimum absolute atomic E-state index is 0.00167. The van der Waals surface area contributed by atoms with Crippen molar-refractivity contribution in [2.75, 3.05) is 0 Å². The monoisotopic (exact) mass is 238 g/mol. The quantitative estimate of drug-likeness (QED) is 0.743. The number of ketones is 1. The predicted molar refractivity (Wildman–Crippen MR) is 70.0 cm³/mol. The number of benzene rings is 2. The minimum atomic E-state index is -1.13. The van der Waals surface area contributed by atoms with E-state index in [0.717, 1.165) is 11.1 Å². The molecule has 1 aliphatic carbocycles. The van der Waals surface area contributed by atoms with Crippen LogP contribution in [0.15, 0.2) is 54.6 Å². The first-order valence-electron chi connectivity index (χ1n) is 5.89. The Morgan fingerprint density at radius 2 is 1.50 bits per heavy atom. The van der Waals surface area contributed by atoms with E-state index in [4.69, 9.17) is 11.5 Å². The molecule has 1 aliphatic rings. The molecule has 0 amide bonds. The van der Waals surface area contributed by atoms with Crippen molar-refractivity contribution in [1.29, 1.82) is 0 Å². The highest BCUT2D eigenvalue weighted by atomic mass is 16.1. The fourth-order valence-corrected chi connectivity index (χ4v) is 2.68. The van der Waals surface area contributed by atoms with Crippen molar-refractivity contribution < 1.29 is 4.79 Å². The van der Waals surface area contributed by atoms with Crippen LogP contribution in [0.3, 0.4) is 0 Å². The Balaban J connectivity index is 2.18. The predicted octanol–water partition coefficient (Wildman–Crippen LogP) is 1.74. The first kappa shape index (κ1) is 11.1. The van der Waals surface area contributed by atoms with Crippen LogP contribution >= 0.6 is 0 Å². The topological polar surface area (TPSA) is 69.1 Å². The molecule has 0 fully saturated rings. The molecule has 0 saturated carbocycles. The number of hydrogen-bond acceptors (Lipinski definition) is 3. The van der Waals surface area contributed by atoms with Gasteiger partial charge in [-0.15, -0.1) is 0 Å². The van der Waals surface area contributed by atoms with E-state index in [1.807, 2.05) is 48.5 Å². The van der Waals surface area contributed by atoms with Crippen molar-refractivity contribution in [3.63, 3.8) is 0 Å². The molecule has 0 saturated heterocycles. The number of fused-ring (bicyclic) bond motifs is 1. The number of Topliss-reactive ketones (excluding diaryl/α,β-unsaturated/α-hetero) is 1. The van der Waals surface area contributed by atoms with Gasteiger partial charge in [0.1, 0.15) is 5.66 Å². The minimum Gasteiger partial charge on any atom is -0.309 e. The third-order valence-corrected chi connectivity index (χ3v) is 3.53. The van der Waals surface area contributed by atoms with Crippen LogP contribution in [0.4, 0.5) is 0 Å². The zero-order chi connectivity index (χ0) is 12.8. The number of hydrogen-bond donors (Lipinski definition) is 2. The van der Waals surface area contributed by atoms with Crippen LogP contribution in [-0.2, 0) is 5.66 Å². The van der Waals surface area contributed by atoms with Crippen LogP contribution in [0.2, 0.25) is 0 Å². The van der Waals surface area contributed by atoms with Crippen LogP contribution in [-0.4, -0.2) is 5.78 Å². The maximum Gasteiger partial charge on any atom is 0.174 e. The molecular weight excluding hydrogens is 224 g/mol. The smallest absolute Gasteiger partial charge is 0.174 e. The Labute approximate surface area is 105 Å². The number of carbonyl (C=O) groups is 1. The molecule has 0 radical (unpaired) electrons. The van der Waals surface area contributed by atoms with Crippen molar-refractivity contribution in [2.24, 2.45) is 11.5 Å². The van der Waals surface area contributed by atoms with E-state index in [1.165, 1.54) is 0 Å². The molecule has 18 heavy (non-hydrogen) atoms. The first-order valence-corrected chi connectivity index (χ1v) is 5.89. The Morgan fingerprint density at radius 1 is 0.889 bits per heavy atom. The maximum absolute atomic E-state index is 12.5. The summed E-state index contributed by atoms with van der Waals surface area (Å²) in [6, 6.07) is 16.8. The summed E-state index contributed by atoms with van der Waals surface area (Å²) in [5.74, 6) is -0.502. The van der Waals surface area contributed by atoms with E-state index >= 15 is 0 Å². The van der Waals surface area contributed by atoms with E-state index in [9.17, 15) is 4.79 Å². The van der Waals surface area contributed by atoms with Crippen LogP contribution in [0.5, 0.6) is 0 Å². The zero-order valence-electron chi connectivity index (χ0n) is 9.84. The fraction of sp³-hybridized carbons (Fsp3) is 0.133. The summed E-state index contributed by atoms with van der Waals surface area (Å²) < 4.78 is 0. The number of nitrogens with two attached hydrogens (primary N) is 2. The van der Waals surface area contributed by atoms with E-state index in [0.29, 0.717) is 5.56 Å². The summed E-state index contributed by atoms with van der Waals surface area (Å²) in [6.07, 6.45) is 0. The van der Waals surface area contributed by atoms with E-state index < -0.39 is 11.6 Å².